The lowest BCUT2D eigenvalue weighted by molar-refractivity contribution is -0.139. The van der Waals surface area contributed by atoms with E-state index in [2.05, 4.69) is 0 Å². The fraction of sp³-hybridized carbons (Fsp3) is 0.462. The highest BCUT2D eigenvalue weighted by molar-refractivity contribution is 5.77. The maximum Gasteiger partial charge on any atom is 0.419 e. The first-order valence-electron chi connectivity index (χ1n) is 6.13. The van der Waals surface area contributed by atoms with Gasteiger partial charge in [-0.1, -0.05) is 12.1 Å². The first-order chi connectivity index (χ1) is 9.41. The normalized spacial score (nSPS) is 19.2. The number of rotatable bonds is 3. The van der Waals surface area contributed by atoms with Crippen LogP contribution in [0.15, 0.2) is 24.3 Å². The Labute approximate surface area is 113 Å². The molecular weight excluding hydrogens is 275 g/mol. The molecule has 1 N–H and O–H groups in total. The van der Waals surface area contributed by atoms with Crippen molar-refractivity contribution in [1.29, 1.82) is 0 Å². The van der Waals surface area contributed by atoms with Crippen LogP contribution < -0.4 is 4.74 Å². The molecular formula is C13H14F3NO3. The number of ether oxygens (including phenoxy) is 1. The zero-order chi connectivity index (χ0) is 14.8. The van der Waals surface area contributed by atoms with Gasteiger partial charge in [0.1, 0.15) is 18.5 Å². The van der Waals surface area contributed by atoms with E-state index in [0.717, 1.165) is 6.07 Å². The first-order valence-corrected chi connectivity index (χ1v) is 6.13. The van der Waals surface area contributed by atoms with Crippen molar-refractivity contribution in [3.05, 3.63) is 29.8 Å². The summed E-state index contributed by atoms with van der Waals surface area (Å²) in [7, 11) is 0. The summed E-state index contributed by atoms with van der Waals surface area (Å²) in [5.74, 6) is -0.677. The molecule has 1 unspecified atom stereocenters. The Morgan fingerprint density at radius 3 is 2.75 bits per heavy atom. The molecule has 0 spiro atoms. The molecule has 0 aliphatic carbocycles. The number of carbonyl (C=O) groups excluding carboxylic acids is 1. The summed E-state index contributed by atoms with van der Waals surface area (Å²) in [6.07, 6.45) is -4.53. The molecule has 0 bridgehead atoms. The van der Waals surface area contributed by atoms with Gasteiger partial charge >= 0.3 is 6.18 Å². The maximum atomic E-state index is 12.8. The van der Waals surface area contributed by atoms with Gasteiger partial charge in [0.15, 0.2) is 0 Å². The molecule has 1 aromatic carbocycles. The largest absolute Gasteiger partial charge is 0.488 e. The van der Waals surface area contributed by atoms with Crippen LogP contribution in [0.25, 0.3) is 0 Å². The van der Waals surface area contributed by atoms with Crippen LogP contribution in [-0.2, 0) is 11.0 Å². The smallest absolute Gasteiger partial charge is 0.419 e. The molecule has 110 valence electrons. The predicted molar refractivity (Wildman–Crippen MR) is 64.1 cm³/mol. The molecule has 0 saturated carbocycles. The van der Waals surface area contributed by atoms with Crippen LogP contribution in [-0.4, -0.2) is 41.7 Å². The molecule has 0 aromatic heterocycles. The number of hydrogen-bond donors (Lipinski definition) is 1. The van der Waals surface area contributed by atoms with E-state index >= 15 is 0 Å². The van der Waals surface area contributed by atoms with E-state index in [1.54, 1.807) is 0 Å². The molecule has 1 aliphatic heterocycles. The van der Waals surface area contributed by atoms with Crippen LogP contribution >= 0.6 is 0 Å². The Hall–Kier alpha value is -1.76. The van der Waals surface area contributed by atoms with Gasteiger partial charge in [-0.15, -0.1) is 0 Å². The summed E-state index contributed by atoms with van der Waals surface area (Å²) in [4.78, 5) is 12.7. The van der Waals surface area contributed by atoms with Crippen molar-refractivity contribution in [2.24, 2.45) is 0 Å². The Morgan fingerprint density at radius 1 is 1.40 bits per heavy atom. The molecule has 1 aromatic rings. The highest BCUT2D eigenvalue weighted by Gasteiger charge is 2.35. The van der Waals surface area contributed by atoms with Crippen molar-refractivity contribution in [2.75, 3.05) is 19.7 Å². The van der Waals surface area contributed by atoms with Gasteiger partial charge in [-0.05, 0) is 12.1 Å². The summed E-state index contributed by atoms with van der Waals surface area (Å²) < 4.78 is 43.8. The minimum absolute atomic E-state index is 0.186. The summed E-state index contributed by atoms with van der Waals surface area (Å²) >= 11 is 0. The number of likely N-dealkylation sites (tertiary alicyclic amines) is 1. The molecule has 20 heavy (non-hydrogen) atoms. The third kappa shape index (κ3) is 3.22. The average Bonchev–Trinajstić information content (AvgIpc) is 2.86. The van der Waals surface area contributed by atoms with E-state index in [0.29, 0.717) is 13.0 Å². The van der Waals surface area contributed by atoms with E-state index in [4.69, 9.17) is 9.84 Å². The molecule has 1 saturated heterocycles. The van der Waals surface area contributed by atoms with Gasteiger partial charge in [0.2, 0.25) is 5.91 Å². The number of aliphatic hydroxyl groups is 1. The maximum absolute atomic E-state index is 12.8. The molecule has 4 nitrogen and oxygen atoms in total. The van der Waals surface area contributed by atoms with Crippen molar-refractivity contribution in [2.45, 2.75) is 18.7 Å². The fourth-order valence-corrected chi connectivity index (χ4v) is 2.13. The second kappa shape index (κ2) is 5.70. The summed E-state index contributed by atoms with van der Waals surface area (Å²) in [6.45, 7) is -0.0459. The van der Waals surface area contributed by atoms with Gasteiger partial charge in [0.05, 0.1) is 12.1 Å². The predicted octanol–water partition coefficient (Wildman–Crippen LogP) is 1.68. The molecule has 1 fully saturated rings. The topological polar surface area (TPSA) is 49.8 Å². The zero-order valence-corrected chi connectivity index (χ0v) is 10.6. The van der Waals surface area contributed by atoms with Crippen LogP contribution in [0.5, 0.6) is 5.75 Å². The SMILES string of the molecule is O=C(CO)N1CCC(Oc2ccccc2C(F)(F)F)C1. The average molecular weight is 289 g/mol. The Bertz CT molecular complexity index is 490. The van der Waals surface area contributed by atoms with Crippen LogP contribution in [0.1, 0.15) is 12.0 Å². The fourth-order valence-electron chi connectivity index (χ4n) is 2.13. The standard InChI is InChI=1S/C13H14F3NO3/c14-13(15,16)10-3-1-2-4-11(10)20-9-5-6-17(7-9)12(19)8-18/h1-4,9,18H,5-8H2. The first kappa shape index (κ1) is 14.6. The number of carbonyl (C=O) groups is 1. The number of nitrogens with zero attached hydrogens (tertiary/aromatic N) is 1. The number of para-hydroxylation sites is 1. The number of amides is 1. The van der Waals surface area contributed by atoms with Crippen LogP contribution in [0, 0.1) is 0 Å². The summed E-state index contributed by atoms with van der Waals surface area (Å²) in [5, 5.41) is 8.74. The molecule has 7 heteroatoms. The molecule has 2 rings (SSSR count). The van der Waals surface area contributed by atoms with Crippen molar-refractivity contribution in [3.8, 4) is 5.75 Å². The number of benzene rings is 1. The lowest BCUT2D eigenvalue weighted by atomic mass is 10.2. The zero-order valence-electron chi connectivity index (χ0n) is 10.6. The number of aliphatic hydroxyl groups excluding tert-OH is 1. The van der Waals surface area contributed by atoms with E-state index < -0.39 is 30.4 Å². The second-order valence-corrected chi connectivity index (χ2v) is 4.52. The molecule has 1 amide bonds. The van der Waals surface area contributed by atoms with E-state index in [-0.39, 0.29) is 12.3 Å². The number of alkyl halides is 3. The van der Waals surface area contributed by atoms with Crippen molar-refractivity contribution in [1.82, 2.24) is 4.90 Å². The Kier molecular flexibility index (Phi) is 4.17. The Balaban J connectivity index is 2.07. The third-order valence-corrected chi connectivity index (χ3v) is 3.12. The van der Waals surface area contributed by atoms with Crippen LogP contribution in [0.3, 0.4) is 0 Å². The summed E-state index contributed by atoms with van der Waals surface area (Å²) in [5.41, 5.74) is -0.827. The highest BCUT2D eigenvalue weighted by Crippen LogP contribution is 2.36. The van der Waals surface area contributed by atoms with E-state index in [1.165, 1.54) is 23.1 Å². The van der Waals surface area contributed by atoms with Gasteiger partial charge in [-0.3, -0.25) is 4.79 Å². The third-order valence-electron chi connectivity index (χ3n) is 3.12. The Morgan fingerprint density at radius 2 is 2.10 bits per heavy atom. The van der Waals surface area contributed by atoms with Gasteiger partial charge in [0.25, 0.3) is 0 Å². The summed E-state index contributed by atoms with van der Waals surface area (Å²) in [6, 6.07) is 4.99. The van der Waals surface area contributed by atoms with E-state index in [1.807, 2.05) is 0 Å². The van der Waals surface area contributed by atoms with Crippen LogP contribution in [0.4, 0.5) is 13.2 Å². The quantitative estimate of drug-likeness (QED) is 0.921. The molecule has 1 atom stereocenters. The van der Waals surface area contributed by atoms with Gasteiger partial charge in [-0.2, -0.15) is 13.2 Å². The molecule has 0 radical (unpaired) electrons. The minimum Gasteiger partial charge on any atom is -0.488 e. The van der Waals surface area contributed by atoms with Gasteiger partial charge in [0, 0.05) is 13.0 Å². The van der Waals surface area contributed by atoms with E-state index in [9.17, 15) is 18.0 Å². The second-order valence-electron chi connectivity index (χ2n) is 4.52. The van der Waals surface area contributed by atoms with Gasteiger partial charge in [-0.25, -0.2) is 0 Å². The highest BCUT2D eigenvalue weighted by atomic mass is 19.4. The van der Waals surface area contributed by atoms with Crippen molar-refractivity contribution in [3.63, 3.8) is 0 Å². The monoisotopic (exact) mass is 289 g/mol. The van der Waals surface area contributed by atoms with Gasteiger partial charge < -0.3 is 14.7 Å². The molecule has 1 aliphatic rings. The van der Waals surface area contributed by atoms with Crippen molar-refractivity contribution >= 4 is 5.91 Å². The number of hydrogen-bond acceptors (Lipinski definition) is 3. The molecule has 1 heterocycles. The van der Waals surface area contributed by atoms with Crippen LogP contribution in [0.2, 0.25) is 0 Å². The minimum atomic E-state index is -4.48. The lowest BCUT2D eigenvalue weighted by Crippen LogP contribution is -2.33. The van der Waals surface area contributed by atoms with Crippen molar-refractivity contribution < 1.29 is 27.8 Å². The lowest BCUT2D eigenvalue weighted by Gasteiger charge is -2.19. The number of halogens is 3.